The molecular formula is C17H30O2. The Morgan fingerprint density at radius 3 is 1.79 bits per heavy atom. The summed E-state index contributed by atoms with van der Waals surface area (Å²) in [6.07, 6.45) is 14.4. The second kappa shape index (κ2) is 15.1. The molecule has 0 saturated carbocycles. The molecule has 0 saturated heterocycles. The van der Waals surface area contributed by atoms with Crippen molar-refractivity contribution in [1.82, 2.24) is 0 Å². The van der Waals surface area contributed by atoms with Gasteiger partial charge in [-0.25, -0.2) is 0 Å². The van der Waals surface area contributed by atoms with Crippen LogP contribution < -0.4 is 0 Å². The average molecular weight is 266 g/mol. The zero-order valence-electron chi connectivity index (χ0n) is 12.5. The van der Waals surface area contributed by atoms with Gasteiger partial charge in [0, 0.05) is 19.3 Å². The summed E-state index contributed by atoms with van der Waals surface area (Å²) in [5.74, 6) is 5.78. The molecule has 0 bridgehead atoms. The lowest BCUT2D eigenvalue weighted by molar-refractivity contribution is -0.137. The number of unbranched alkanes of at least 4 members (excludes halogenated alkanes) is 10. The first-order valence-electron chi connectivity index (χ1n) is 7.95. The van der Waals surface area contributed by atoms with Crippen LogP contribution in [0.15, 0.2) is 0 Å². The van der Waals surface area contributed by atoms with Crippen molar-refractivity contribution >= 4 is 5.97 Å². The third kappa shape index (κ3) is 17.0. The van der Waals surface area contributed by atoms with Gasteiger partial charge >= 0.3 is 5.97 Å². The van der Waals surface area contributed by atoms with Gasteiger partial charge < -0.3 is 5.11 Å². The van der Waals surface area contributed by atoms with E-state index in [1.54, 1.807) is 0 Å². The van der Waals surface area contributed by atoms with Crippen molar-refractivity contribution in [2.24, 2.45) is 0 Å². The molecule has 0 heterocycles. The van der Waals surface area contributed by atoms with Crippen molar-refractivity contribution in [2.45, 2.75) is 90.4 Å². The SMILES string of the molecule is CCCCCCCCC#CCCCCCCC(=O)O. The molecule has 0 atom stereocenters. The highest BCUT2D eigenvalue weighted by atomic mass is 16.4. The maximum absolute atomic E-state index is 10.3. The van der Waals surface area contributed by atoms with Gasteiger partial charge in [0.05, 0.1) is 0 Å². The van der Waals surface area contributed by atoms with Gasteiger partial charge in [-0.05, 0) is 19.3 Å². The van der Waals surface area contributed by atoms with E-state index in [1.165, 1.54) is 38.5 Å². The normalized spacial score (nSPS) is 9.95. The van der Waals surface area contributed by atoms with Crippen LogP contribution in [-0.4, -0.2) is 11.1 Å². The molecule has 110 valence electrons. The fraction of sp³-hybridized carbons (Fsp3) is 0.824. The summed E-state index contributed by atoms with van der Waals surface area (Å²) in [5.41, 5.74) is 0. The Kier molecular flexibility index (Phi) is 14.3. The van der Waals surface area contributed by atoms with Gasteiger partial charge in [0.1, 0.15) is 0 Å². The van der Waals surface area contributed by atoms with Gasteiger partial charge in [-0.2, -0.15) is 0 Å². The summed E-state index contributed by atoms with van der Waals surface area (Å²) in [6.45, 7) is 2.24. The van der Waals surface area contributed by atoms with Crippen molar-refractivity contribution < 1.29 is 9.90 Å². The molecule has 0 rings (SSSR count). The summed E-state index contributed by atoms with van der Waals surface area (Å²) in [4.78, 5) is 10.3. The first kappa shape index (κ1) is 18.0. The first-order valence-corrected chi connectivity index (χ1v) is 7.95. The lowest BCUT2D eigenvalue weighted by Crippen LogP contribution is -1.93. The third-order valence-electron chi connectivity index (χ3n) is 3.22. The molecule has 2 nitrogen and oxygen atoms in total. The highest BCUT2D eigenvalue weighted by Crippen LogP contribution is 2.07. The van der Waals surface area contributed by atoms with E-state index in [1.807, 2.05) is 0 Å². The second-order valence-electron chi connectivity index (χ2n) is 5.18. The van der Waals surface area contributed by atoms with Gasteiger partial charge in [-0.3, -0.25) is 4.79 Å². The molecule has 0 aliphatic heterocycles. The van der Waals surface area contributed by atoms with Gasteiger partial charge in [0.2, 0.25) is 0 Å². The van der Waals surface area contributed by atoms with Crippen LogP contribution in [0.1, 0.15) is 90.4 Å². The zero-order chi connectivity index (χ0) is 14.2. The maximum atomic E-state index is 10.3. The van der Waals surface area contributed by atoms with Crippen molar-refractivity contribution in [3.8, 4) is 11.8 Å². The van der Waals surface area contributed by atoms with Crippen LogP contribution in [0.5, 0.6) is 0 Å². The fourth-order valence-corrected chi connectivity index (χ4v) is 2.01. The highest BCUT2D eigenvalue weighted by molar-refractivity contribution is 5.66. The molecule has 0 amide bonds. The molecule has 2 heteroatoms. The molecule has 0 aromatic heterocycles. The number of carbonyl (C=O) groups is 1. The van der Waals surface area contributed by atoms with Crippen LogP contribution in [0.2, 0.25) is 0 Å². The van der Waals surface area contributed by atoms with Crippen LogP contribution in [0.4, 0.5) is 0 Å². The van der Waals surface area contributed by atoms with E-state index in [4.69, 9.17) is 5.11 Å². The molecule has 0 fully saturated rings. The van der Waals surface area contributed by atoms with Crippen molar-refractivity contribution in [3.63, 3.8) is 0 Å². The maximum Gasteiger partial charge on any atom is 0.303 e. The topological polar surface area (TPSA) is 37.3 Å². The standard InChI is InChI=1S/C17H30O2/c1-2-3-4-5-6-7-8-9-10-11-12-13-14-15-16-17(18)19/h2-8,11-16H2,1H3,(H,18,19). The average Bonchev–Trinajstić information content (AvgIpc) is 2.39. The van der Waals surface area contributed by atoms with Crippen LogP contribution in [0, 0.1) is 11.8 Å². The lowest BCUT2D eigenvalue weighted by atomic mass is 10.1. The van der Waals surface area contributed by atoms with Gasteiger partial charge in [0.25, 0.3) is 0 Å². The number of carboxylic acid groups (broad SMARTS) is 1. The lowest BCUT2D eigenvalue weighted by Gasteiger charge is -1.97. The Labute approximate surface area is 119 Å². The van der Waals surface area contributed by atoms with Crippen LogP contribution in [0.3, 0.4) is 0 Å². The van der Waals surface area contributed by atoms with Crippen molar-refractivity contribution in [2.75, 3.05) is 0 Å². The minimum absolute atomic E-state index is 0.309. The fourth-order valence-electron chi connectivity index (χ4n) is 2.01. The second-order valence-corrected chi connectivity index (χ2v) is 5.18. The number of hydrogen-bond acceptors (Lipinski definition) is 1. The number of hydrogen-bond donors (Lipinski definition) is 1. The molecule has 1 N–H and O–H groups in total. The van der Waals surface area contributed by atoms with Crippen LogP contribution >= 0.6 is 0 Å². The Morgan fingerprint density at radius 2 is 1.26 bits per heavy atom. The zero-order valence-corrected chi connectivity index (χ0v) is 12.5. The molecule has 0 aliphatic carbocycles. The molecule has 0 aromatic rings. The monoisotopic (exact) mass is 266 g/mol. The van der Waals surface area contributed by atoms with Gasteiger partial charge in [-0.15, -0.1) is 11.8 Å². The number of carboxylic acids is 1. The van der Waals surface area contributed by atoms with E-state index < -0.39 is 5.97 Å². The van der Waals surface area contributed by atoms with E-state index in [0.717, 1.165) is 38.5 Å². The van der Waals surface area contributed by atoms with Gasteiger partial charge in [0.15, 0.2) is 0 Å². The van der Waals surface area contributed by atoms with E-state index in [2.05, 4.69) is 18.8 Å². The molecule has 0 unspecified atom stereocenters. The van der Waals surface area contributed by atoms with Crippen LogP contribution in [0.25, 0.3) is 0 Å². The smallest absolute Gasteiger partial charge is 0.303 e. The Hall–Kier alpha value is -0.970. The first-order chi connectivity index (χ1) is 9.27. The van der Waals surface area contributed by atoms with Crippen molar-refractivity contribution in [3.05, 3.63) is 0 Å². The summed E-state index contributed by atoms with van der Waals surface area (Å²) in [5, 5.41) is 8.48. The summed E-state index contributed by atoms with van der Waals surface area (Å²) in [6, 6.07) is 0. The Morgan fingerprint density at radius 1 is 0.789 bits per heavy atom. The van der Waals surface area contributed by atoms with Crippen molar-refractivity contribution in [1.29, 1.82) is 0 Å². The van der Waals surface area contributed by atoms with Gasteiger partial charge in [-0.1, -0.05) is 51.9 Å². The molecule has 0 aliphatic rings. The molecule has 19 heavy (non-hydrogen) atoms. The van der Waals surface area contributed by atoms with E-state index >= 15 is 0 Å². The van der Waals surface area contributed by atoms with Crippen LogP contribution in [-0.2, 0) is 4.79 Å². The molecular weight excluding hydrogens is 236 g/mol. The van der Waals surface area contributed by atoms with E-state index in [-0.39, 0.29) is 0 Å². The molecule has 0 radical (unpaired) electrons. The third-order valence-corrected chi connectivity index (χ3v) is 3.22. The minimum atomic E-state index is -0.682. The summed E-state index contributed by atoms with van der Waals surface area (Å²) < 4.78 is 0. The predicted molar refractivity (Wildman–Crippen MR) is 81.1 cm³/mol. The summed E-state index contributed by atoms with van der Waals surface area (Å²) >= 11 is 0. The Bertz CT molecular complexity index is 260. The summed E-state index contributed by atoms with van der Waals surface area (Å²) in [7, 11) is 0. The number of aliphatic carboxylic acids is 1. The Balaban J connectivity index is 3.12. The molecule has 0 aromatic carbocycles. The highest BCUT2D eigenvalue weighted by Gasteiger charge is 1.95. The predicted octanol–water partition coefficient (Wildman–Crippen LogP) is 5.17. The number of rotatable bonds is 12. The largest absolute Gasteiger partial charge is 0.481 e. The van der Waals surface area contributed by atoms with E-state index in [9.17, 15) is 4.79 Å². The van der Waals surface area contributed by atoms with E-state index in [0.29, 0.717) is 6.42 Å². The molecule has 0 spiro atoms. The quantitative estimate of drug-likeness (QED) is 0.391. The minimum Gasteiger partial charge on any atom is -0.481 e.